The Bertz CT molecular complexity index is 627. The summed E-state index contributed by atoms with van der Waals surface area (Å²) >= 11 is 0. The Morgan fingerprint density at radius 1 is 0.833 bits per heavy atom. The lowest BCUT2D eigenvalue weighted by Crippen LogP contribution is -2.18. The highest BCUT2D eigenvalue weighted by Gasteiger charge is 2.27. The SMILES string of the molecule is CCC(O)CCCCCCCCCC(=O)c1cc(C(C)(C)C)c(O)c(C(C)(C)C)c1. The van der Waals surface area contributed by atoms with Gasteiger partial charge in [0.1, 0.15) is 5.75 Å². The monoisotopic (exact) mass is 418 g/mol. The second-order valence-electron chi connectivity index (χ2n) is 10.9. The molecule has 30 heavy (non-hydrogen) atoms. The summed E-state index contributed by atoms with van der Waals surface area (Å²) in [6, 6.07) is 3.80. The number of aliphatic hydroxyl groups is 1. The van der Waals surface area contributed by atoms with Gasteiger partial charge in [-0.2, -0.15) is 0 Å². The minimum Gasteiger partial charge on any atom is -0.507 e. The van der Waals surface area contributed by atoms with Gasteiger partial charge in [0.05, 0.1) is 6.10 Å². The van der Waals surface area contributed by atoms with Crippen LogP contribution in [0, 0.1) is 0 Å². The van der Waals surface area contributed by atoms with Crippen molar-refractivity contribution in [2.24, 2.45) is 0 Å². The van der Waals surface area contributed by atoms with Crippen LogP contribution in [0.5, 0.6) is 5.75 Å². The van der Waals surface area contributed by atoms with E-state index in [-0.39, 0.29) is 22.7 Å². The number of aliphatic hydroxyl groups excluding tert-OH is 1. The Balaban J connectivity index is 2.56. The summed E-state index contributed by atoms with van der Waals surface area (Å²) < 4.78 is 0. The molecule has 0 amide bonds. The number of unbranched alkanes of at least 4 members (excludes halogenated alkanes) is 6. The van der Waals surface area contributed by atoms with Crippen LogP contribution < -0.4 is 0 Å². The fraction of sp³-hybridized carbons (Fsp3) is 0.741. The number of carbonyl (C=O) groups excluding carboxylic acids is 1. The molecule has 1 rings (SSSR count). The zero-order valence-electron chi connectivity index (χ0n) is 20.6. The maximum absolute atomic E-state index is 12.9. The van der Waals surface area contributed by atoms with Crippen molar-refractivity contribution in [2.45, 2.75) is 130 Å². The maximum Gasteiger partial charge on any atom is 0.162 e. The number of benzene rings is 1. The van der Waals surface area contributed by atoms with Crippen LogP contribution in [0.3, 0.4) is 0 Å². The summed E-state index contributed by atoms with van der Waals surface area (Å²) in [5, 5.41) is 20.4. The van der Waals surface area contributed by atoms with Crippen molar-refractivity contribution in [3.05, 3.63) is 28.8 Å². The molecule has 0 bridgehead atoms. The fourth-order valence-electron chi connectivity index (χ4n) is 3.84. The Labute approximate surface area is 185 Å². The molecular formula is C27H46O3. The molecule has 172 valence electrons. The molecule has 0 aliphatic rings. The maximum atomic E-state index is 12.9. The van der Waals surface area contributed by atoms with Crippen LogP contribution in [-0.2, 0) is 10.8 Å². The number of hydrogen-bond acceptors (Lipinski definition) is 3. The summed E-state index contributed by atoms with van der Waals surface area (Å²) in [5.74, 6) is 0.512. The minimum atomic E-state index is -0.215. The Morgan fingerprint density at radius 2 is 1.27 bits per heavy atom. The van der Waals surface area contributed by atoms with E-state index in [1.807, 2.05) is 19.1 Å². The number of phenols is 1. The predicted molar refractivity (Wildman–Crippen MR) is 128 cm³/mol. The third kappa shape index (κ3) is 8.79. The first-order valence-corrected chi connectivity index (χ1v) is 12.0. The highest BCUT2D eigenvalue weighted by atomic mass is 16.3. The number of carbonyl (C=O) groups is 1. The lowest BCUT2D eigenvalue weighted by molar-refractivity contribution is 0.0978. The molecule has 3 heteroatoms. The predicted octanol–water partition coefficient (Wildman–Crippen LogP) is 7.45. The third-order valence-corrected chi connectivity index (χ3v) is 5.96. The second-order valence-corrected chi connectivity index (χ2v) is 10.9. The van der Waals surface area contributed by atoms with Gasteiger partial charge >= 0.3 is 0 Å². The minimum absolute atomic E-state index is 0.131. The first-order chi connectivity index (χ1) is 13.9. The molecule has 0 aromatic heterocycles. The summed E-state index contributed by atoms with van der Waals surface area (Å²) in [4.78, 5) is 12.9. The molecule has 0 aliphatic carbocycles. The van der Waals surface area contributed by atoms with Crippen molar-refractivity contribution >= 4 is 5.78 Å². The average molecular weight is 419 g/mol. The van der Waals surface area contributed by atoms with Gasteiger partial charge in [-0.05, 0) is 42.2 Å². The first kappa shape index (κ1) is 26.7. The van der Waals surface area contributed by atoms with Gasteiger partial charge in [0.15, 0.2) is 5.78 Å². The molecule has 2 N–H and O–H groups in total. The molecule has 0 heterocycles. The van der Waals surface area contributed by atoms with Crippen LogP contribution in [0.1, 0.15) is 134 Å². The second kappa shape index (κ2) is 11.9. The lowest BCUT2D eigenvalue weighted by atomic mass is 9.78. The molecule has 1 atom stereocenters. The zero-order valence-corrected chi connectivity index (χ0v) is 20.6. The summed E-state index contributed by atoms with van der Waals surface area (Å²) in [6.45, 7) is 14.5. The van der Waals surface area contributed by atoms with E-state index in [4.69, 9.17) is 0 Å². The summed E-state index contributed by atoms with van der Waals surface area (Å²) in [5.41, 5.74) is 2.01. The molecule has 0 saturated carbocycles. The number of hydrogen-bond donors (Lipinski definition) is 2. The normalized spacial score (nSPS) is 13.5. The van der Waals surface area contributed by atoms with Crippen LogP contribution in [0.4, 0.5) is 0 Å². The molecule has 3 nitrogen and oxygen atoms in total. The fourth-order valence-corrected chi connectivity index (χ4v) is 3.84. The van der Waals surface area contributed by atoms with Crippen LogP contribution in [-0.4, -0.2) is 22.1 Å². The van der Waals surface area contributed by atoms with Crippen LogP contribution in [0.25, 0.3) is 0 Å². The third-order valence-electron chi connectivity index (χ3n) is 5.96. The molecular weight excluding hydrogens is 372 g/mol. The molecule has 1 aromatic carbocycles. The van der Waals surface area contributed by atoms with Crippen LogP contribution in [0.15, 0.2) is 12.1 Å². The smallest absolute Gasteiger partial charge is 0.162 e. The Kier molecular flexibility index (Phi) is 10.6. The molecule has 0 aliphatic heterocycles. The van der Waals surface area contributed by atoms with Gasteiger partial charge < -0.3 is 10.2 Å². The number of ketones is 1. The van der Waals surface area contributed by atoms with Crippen molar-refractivity contribution in [3.8, 4) is 5.75 Å². The standard InChI is InChI=1S/C27H46O3/c1-8-21(28)16-14-12-10-9-11-13-15-17-24(29)20-18-22(26(2,3)4)25(30)23(19-20)27(5,6)7/h18-19,21,28,30H,8-17H2,1-7H3. The van der Waals surface area contributed by atoms with Crippen LogP contribution >= 0.6 is 0 Å². The summed E-state index contributed by atoms with van der Waals surface area (Å²) in [7, 11) is 0. The quantitative estimate of drug-likeness (QED) is 0.274. The number of aromatic hydroxyl groups is 1. The van der Waals surface area contributed by atoms with E-state index in [0.717, 1.165) is 48.8 Å². The molecule has 0 fully saturated rings. The van der Waals surface area contributed by atoms with E-state index in [1.165, 1.54) is 25.7 Å². The Morgan fingerprint density at radius 3 is 1.70 bits per heavy atom. The first-order valence-electron chi connectivity index (χ1n) is 12.0. The topological polar surface area (TPSA) is 57.5 Å². The van der Waals surface area contributed by atoms with E-state index >= 15 is 0 Å². The van der Waals surface area contributed by atoms with Crippen LogP contribution in [0.2, 0.25) is 0 Å². The van der Waals surface area contributed by atoms with Crippen molar-refractivity contribution in [1.29, 1.82) is 0 Å². The van der Waals surface area contributed by atoms with Crippen molar-refractivity contribution in [2.75, 3.05) is 0 Å². The van der Waals surface area contributed by atoms with Gasteiger partial charge in [-0.25, -0.2) is 0 Å². The van der Waals surface area contributed by atoms with Gasteiger partial charge in [-0.1, -0.05) is 87.0 Å². The average Bonchev–Trinajstić information content (AvgIpc) is 2.64. The van der Waals surface area contributed by atoms with E-state index < -0.39 is 0 Å². The van der Waals surface area contributed by atoms with Gasteiger partial charge in [0, 0.05) is 23.1 Å². The highest BCUT2D eigenvalue weighted by molar-refractivity contribution is 5.96. The van der Waals surface area contributed by atoms with E-state index in [0.29, 0.717) is 12.2 Å². The Hall–Kier alpha value is -1.35. The van der Waals surface area contributed by atoms with Crippen molar-refractivity contribution in [1.82, 2.24) is 0 Å². The van der Waals surface area contributed by atoms with Gasteiger partial charge in [0.25, 0.3) is 0 Å². The number of rotatable bonds is 12. The van der Waals surface area contributed by atoms with Crippen molar-refractivity contribution < 1.29 is 15.0 Å². The molecule has 1 unspecified atom stereocenters. The number of Topliss-reactive ketones (excluding diaryl/α,β-unsaturated/α-hetero) is 1. The molecule has 0 radical (unpaired) electrons. The zero-order chi connectivity index (χ0) is 22.9. The highest BCUT2D eigenvalue weighted by Crippen LogP contribution is 2.40. The molecule has 1 aromatic rings. The summed E-state index contributed by atoms with van der Waals surface area (Å²) in [6.07, 6.45) is 10.1. The van der Waals surface area contributed by atoms with Gasteiger partial charge in [0.2, 0.25) is 0 Å². The molecule has 0 saturated heterocycles. The van der Waals surface area contributed by atoms with E-state index in [1.54, 1.807) is 0 Å². The van der Waals surface area contributed by atoms with Gasteiger partial charge in [-0.3, -0.25) is 4.79 Å². The number of phenolic OH excluding ortho intramolecular Hbond substituents is 1. The van der Waals surface area contributed by atoms with E-state index in [9.17, 15) is 15.0 Å². The van der Waals surface area contributed by atoms with Crippen molar-refractivity contribution in [3.63, 3.8) is 0 Å². The molecule has 0 spiro atoms. The largest absolute Gasteiger partial charge is 0.507 e. The van der Waals surface area contributed by atoms with E-state index in [2.05, 4.69) is 41.5 Å². The lowest BCUT2D eigenvalue weighted by Gasteiger charge is -2.28. The van der Waals surface area contributed by atoms with Gasteiger partial charge in [-0.15, -0.1) is 0 Å².